The molecular formula is C17H26ClN3O3S. The summed E-state index contributed by atoms with van der Waals surface area (Å²) in [5.41, 5.74) is 0.776. The summed E-state index contributed by atoms with van der Waals surface area (Å²) in [7, 11) is 0.230. The molecule has 0 spiro atoms. The second kappa shape index (κ2) is 8.03. The van der Waals surface area contributed by atoms with Crippen LogP contribution in [0.4, 0.5) is 5.69 Å². The van der Waals surface area contributed by atoms with Gasteiger partial charge in [-0.15, -0.1) is 12.4 Å². The van der Waals surface area contributed by atoms with Crippen molar-refractivity contribution in [3.05, 3.63) is 24.3 Å². The summed E-state index contributed by atoms with van der Waals surface area (Å²) in [5.74, 6) is 0.106. The van der Waals surface area contributed by atoms with Gasteiger partial charge in [0.15, 0.2) is 0 Å². The molecule has 0 N–H and O–H groups in total. The minimum absolute atomic E-state index is 0. The highest BCUT2D eigenvalue weighted by Crippen LogP contribution is 2.26. The number of sulfonamides is 1. The van der Waals surface area contributed by atoms with Gasteiger partial charge in [0.05, 0.1) is 4.90 Å². The van der Waals surface area contributed by atoms with E-state index < -0.39 is 10.0 Å². The Bertz CT molecular complexity index is 700. The van der Waals surface area contributed by atoms with Crippen LogP contribution in [-0.4, -0.2) is 63.3 Å². The average Bonchev–Trinajstić information content (AvgIpc) is 3.01. The van der Waals surface area contributed by atoms with Crippen molar-refractivity contribution < 1.29 is 13.2 Å². The van der Waals surface area contributed by atoms with Crippen LogP contribution in [0.1, 0.15) is 25.7 Å². The third-order valence-corrected chi connectivity index (χ3v) is 7.03. The lowest BCUT2D eigenvalue weighted by atomic mass is 10.1. The van der Waals surface area contributed by atoms with Gasteiger partial charge in [0.1, 0.15) is 0 Å². The molecule has 140 valence electrons. The van der Waals surface area contributed by atoms with Gasteiger partial charge in [-0.25, -0.2) is 8.42 Å². The third-order valence-electron chi connectivity index (χ3n) is 5.10. The van der Waals surface area contributed by atoms with E-state index in [4.69, 9.17) is 0 Å². The Hall–Kier alpha value is -1.15. The maximum atomic E-state index is 12.8. The first kappa shape index (κ1) is 20.2. The number of hydrogen-bond acceptors (Lipinski definition) is 4. The molecule has 0 aromatic heterocycles. The first-order chi connectivity index (χ1) is 11.4. The molecule has 1 aromatic rings. The smallest absolute Gasteiger partial charge is 0.243 e. The summed E-state index contributed by atoms with van der Waals surface area (Å²) in [6.07, 6.45) is 3.13. The number of anilines is 1. The van der Waals surface area contributed by atoms with E-state index in [1.807, 2.05) is 0 Å². The highest BCUT2D eigenvalue weighted by Gasteiger charge is 2.30. The molecule has 3 rings (SSSR count). The molecule has 0 atom stereocenters. The first-order valence-corrected chi connectivity index (χ1v) is 9.90. The van der Waals surface area contributed by atoms with E-state index in [1.165, 1.54) is 4.31 Å². The van der Waals surface area contributed by atoms with Crippen molar-refractivity contribution in [2.45, 2.75) is 36.6 Å². The molecule has 6 nitrogen and oxygen atoms in total. The van der Waals surface area contributed by atoms with Gasteiger partial charge < -0.3 is 9.80 Å². The Morgan fingerprint density at radius 3 is 2.20 bits per heavy atom. The second-order valence-electron chi connectivity index (χ2n) is 6.70. The maximum absolute atomic E-state index is 12.8. The molecule has 0 bridgehead atoms. The van der Waals surface area contributed by atoms with E-state index in [0.29, 0.717) is 17.9 Å². The van der Waals surface area contributed by atoms with Crippen molar-refractivity contribution in [1.29, 1.82) is 0 Å². The lowest BCUT2D eigenvalue weighted by molar-refractivity contribution is -0.117. The van der Waals surface area contributed by atoms with Crippen molar-refractivity contribution in [2.24, 2.45) is 0 Å². The zero-order valence-corrected chi connectivity index (χ0v) is 16.4. The van der Waals surface area contributed by atoms with Crippen LogP contribution in [0, 0.1) is 0 Å². The van der Waals surface area contributed by atoms with Crippen LogP contribution in [0.2, 0.25) is 0 Å². The number of rotatable bonds is 4. The summed E-state index contributed by atoms with van der Waals surface area (Å²) in [5, 5.41) is 0. The Labute approximate surface area is 156 Å². The van der Waals surface area contributed by atoms with Crippen molar-refractivity contribution in [1.82, 2.24) is 9.21 Å². The lowest BCUT2D eigenvalue weighted by Crippen LogP contribution is -2.44. The highest BCUT2D eigenvalue weighted by atomic mass is 35.5. The Kier molecular flexibility index (Phi) is 6.48. The molecular weight excluding hydrogens is 362 g/mol. The SMILES string of the molecule is CN1CCC(N(C)S(=O)(=O)c2ccc(N3CCCC3=O)cc2)CC1.Cl. The van der Waals surface area contributed by atoms with Gasteiger partial charge in [-0.3, -0.25) is 4.79 Å². The summed E-state index contributed by atoms with van der Waals surface area (Å²) in [6, 6.07) is 6.74. The van der Waals surface area contributed by atoms with Gasteiger partial charge in [0, 0.05) is 31.7 Å². The van der Waals surface area contributed by atoms with E-state index >= 15 is 0 Å². The molecule has 0 unspecified atom stereocenters. The number of likely N-dealkylation sites (tertiary alicyclic amines) is 1. The minimum Gasteiger partial charge on any atom is -0.312 e. The zero-order valence-electron chi connectivity index (χ0n) is 14.7. The molecule has 2 aliphatic rings. The predicted molar refractivity (Wildman–Crippen MR) is 101 cm³/mol. The fourth-order valence-electron chi connectivity index (χ4n) is 3.44. The zero-order chi connectivity index (χ0) is 17.3. The quantitative estimate of drug-likeness (QED) is 0.792. The number of carbonyl (C=O) groups is 1. The molecule has 0 radical (unpaired) electrons. The Morgan fingerprint density at radius 2 is 1.68 bits per heavy atom. The Balaban J connectivity index is 0.00000225. The van der Waals surface area contributed by atoms with Crippen LogP contribution >= 0.6 is 12.4 Å². The summed E-state index contributed by atoms with van der Waals surface area (Å²) >= 11 is 0. The number of piperidine rings is 1. The van der Waals surface area contributed by atoms with Gasteiger partial charge in [0.2, 0.25) is 15.9 Å². The number of amides is 1. The van der Waals surface area contributed by atoms with Crippen molar-refractivity contribution in [3.63, 3.8) is 0 Å². The standard InChI is InChI=1S/C17H25N3O3S.ClH/c1-18-12-9-14(10-13-18)19(2)24(22,23)16-7-5-15(6-8-16)20-11-3-4-17(20)21;/h5-8,14H,3-4,9-13H2,1-2H3;1H. The van der Waals surface area contributed by atoms with Crippen LogP contribution in [0.3, 0.4) is 0 Å². The third kappa shape index (κ3) is 4.16. The van der Waals surface area contributed by atoms with E-state index in [-0.39, 0.29) is 24.4 Å². The fraction of sp³-hybridized carbons (Fsp3) is 0.588. The summed E-state index contributed by atoms with van der Waals surface area (Å²) in [4.78, 5) is 16.0. The van der Waals surface area contributed by atoms with E-state index in [2.05, 4.69) is 11.9 Å². The molecule has 1 aromatic carbocycles. The Morgan fingerprint density at radius 1 is 1.08 bits per heavy atom. The molecule has 1 amide bonds. The molecule has 2 heterocycles. The number of nitrogens with zero attached hydrogens (tertiary/aromatic N) is 3. The first-order valence-electron chi connectivity index (χ1n) is 8.46. The van der Waals surface area contributed by atoms with Gasteiger partial charge in [-0.05, 0) is 63.7 Å². The summed E-state index contributed by atoms with van der Waals surface area (Å²) in [6.45, 7) is 2.54. The normalized spacial score (nSPS) is 20.1. The fourth-order valence-corrected chi connectivity index (χ4v) is 4.86. The van der Waals surface area contributed by atoms with Crippen LogP contribution in [0.25, 0.3) is 0 Å². The lowest BCUT2D eigenvalue weighted by Gasteiger charge is -2.34. The second-order valence-corrected chi connectivity index (χ2v) is 8.70. The maximum Gasteiger partial charge on any atom is 0.243 e. The number of carbonyl (C=O) groups excluding carboxylic acids is 1. The molecule has 0 saturated carbocycles. The van der Waals surface area contributed by atoms with Crippen LogP contribution in [0.5, 0.6) is 0 Å². The topological polar surface area (TPSA) is 60.9 Å². The molecule has 0 aliphatic carbocycles. The highest BCUT2D eigenvalue weighted by molar-refractivity contribution is 7.89. The van der Waals surface area contributed by atoms with Gasteiger partial charge >= 0.3 is 0 Å². The molecule has 8 heteroatoms. The van der Waals surface area contributed by atoms with Crippen molar-refractivity contribution >= 4 is 34.0 Å². The average molecular weight is 388 g/mol. The minimum atomic E-state index is -3.50. The largest absolute Gasteiger partial charge is 0.312 e. The van der Waals surface area contributed by atoms with Crippen LogP contribution < -0.4 is 4.90 Å². The monoisotopic (exact) mass is 387 g/mol. The summed E-state index contributed by atoms with van der Waals surface area (Å²) < 4.78 is 27.2. The van der Waals surface area contributed by atoms with Crippen LogP contribution in [0.15, 0.2) is 29.2 Å². The van der Waals surface area contributed by atoms with Gasteiger partial charge in [-0.2, -0.15) is 4.31 Å². The predicted octanol–water partition coefficient (Wildman–Crippen LogP) is 1.95. The number of benzene rings is 1. The molecule has 25 heavy (non-hydrogen) atoms. The van der Waals surface area contributed by atoms with Gasteiger partial charge in [-0.1, -0.05) is 0 Å². The number of halogens is 1. The molecule has 2 aliphatic heterocycles. The van der Waals surface area contributed by atoms with Crippen molar-refractivity contribution in [2.75, 3.05) is 38.6 Å². The van der Waals surface area contributed by atoms with E-state index in [0.717, 1.165) is 38.0 Å². The molecule has 2 fully saturated rings. The molecule has 2 saturated heterocycles. The van der Waals surface area contributed by atoms with Crippen molar-refractivity contribution in [3.8, 4) is 0 Å². The van der Waals surface area contributed by atoms with Gasteiger partial charge in [0.25, 0.3) is 0 Å². The van der Waals surface area contributed by atoms with Crippen LogP contribution in [-0.2, 0) is 14.8 Å². The number of hydrogen-bond donors (Lipinski definition) is 0. The van der Waals surface area contributed by atoms with E-state index in [1.54, 1.807) is 36.2 Å². The van der Waals surface area contributed by atoms with E-state index in [9.17, 15) is 13.2 Å².